The highest BCUT2D eigenvalue weighted by molar-refractivity contribution is 5.15. The maximum Gasteiger partial charge on any atom is 0.0113 e. The van der Waals surface area contributed by atoms with E-state index in [1.165, 1.54) is 5.56 Å². The lowest BCUT2D eigenvalue weighted by Crippen LogP contribution is -2.27. The van der Waals surface area contributed by atoms with Crippen LogP contribution in [0.5, 0.6) is 0 Å². The van der Waals surface area contributed by atoms with Gasteiger partial charge in [0.15, 0.2) is 0 Å². The fourth-order valence-corrected chi connectivity index (χ4v) is 1.50. The second kappa shape index (κ2) is 6.23. The molecule has 1 aromatic carbocycles. The minimum absolute atomic E-state index is 0.494. The summed E-state index contributed by atoms with van der Waals surface area (Å²) in [5, 5.41) is 3.29. The minimum Gasteiger partial charge on any atom is -0.317 e. The van der Waals surface area contributed by atoms with Crippen LogP contribution in [-0.4, -0.2) is 13.1 Å². The van der Waals surface area contributed by atoms with Crippen LogP contribution in [0, 0.1) is 12.3 Å². The first kappa shape index (κ1) is 10.8. The zero-order chi connectivity index (χ0) is 10.2. The highest BCUT2D eigenvalue weighted by atomic mass is 14.9. The Kier molecular flexibility index (Phi) is 4.82. The molecule has 0 aliphatic heterocycles. The Hall–Kier alpha value is -1.26. The van der Waals surface area contributed by atoms with Crippen LogP contribution in [0.2, 0.25) is 0 Å². The summed E-state index contributed by atoms with van der Waals surface area (Å²) >= 11 is 0. The molecule has 1 nitrogen and oxygen atoms in total. The van der Waals surface area contributed by atoms with Gasteiger partial charge in [0.25, 0.3) is 0 Å². The molecule has 1 rings (SSSR count). The van der Waals surface area contributed by atoms with E-state index < -0.39 is 0 Å². The number of benzene rings is 1. The lowest BCUT2D eigenvalue weighted by atomic mass is 10.0. The van der Waals surface area contributed by atoms with Crippen molar-refractivity contribution in [2.75, 3.05) is 7.05 Å². The molecule has 0 bridgehead atoms. The average Bonchev–Trinajstić information content (AvgIpc) is 2.25. The summed E-state index contributed by atoms with van der Waals surface area (Å²) in [6.45, 7) is 0. The number of hydrogen-bond donors (Lipinski definition) is 1. The third-order valence-electron chi connectivity index (χ3n) is 2.37. The molecule has 0 heterocycles. The van der Waals surface area contributed by atoms with E-state index in [1.54, 1.807) is 0 Å². The molecule has 0 saturated heterocycles. The summed E-state index contributed by atoms with van der Waals surface area (Å²) in [5.41, 5.74) is 1.36. The van der Waals surface area contributed by atoms with Crippen LogP contribution in [0.25, 0.3) is 0 Å². The molecule has 0 fully saturated rings. The smallest absolute Gasteiger partial charge is 0.0113 e. The Labute approximate surface area is 86.5 Å². The van der Waals surface area contributed by atoms with Crippen LogP contribution in [0.4, 0.5) is 0 Å². The molecule has 1 atom stereocenters. The summed E-state index contributed by atoms with van der Waals surface area (Å²) in [7, 11) is 1.99. The predicted octanol–water partition coefficient (Wildman–Crippen LogP) is 2.23. The van der Waals surface area contributed by atoms with Crippen molar-refractivity contribution in [1.82, 2.24) is 5.32 Å². The lowest BCUT2D eigenvalue weighted by molar-refractivity contribution is 0.528. The maximum atomic E-state index is 5.25. The predicted molar refractivity (Wildman–Crippen MR) is 61.1 cm³/mol. The molecule has 0 aliphatic carbocycles. The Morgan fingerprint density at radius 1 is 1.36 bits per heavy atom. The largest absolute Gasteiger partial charge is 0.317 e. The summed E-state index contributed by atoms with van der Waals surface area (Å²) in [4.78, 5) is 0. The van der Waals surface area contributed by atoms with E-state index in [9.17, 15) is 0 Å². The first-order chi connectivity index (χ1) is 6.86. The van der Waals surface area contributed by atoms with Gasteiger partial charge in [-0.05, 0) is 25.5 Å². The molecule has 74 valence electrons. The molecule has 0 aromatic heterocycles. The zero-order valence-electron chi connectivity index (χ0n) is 8.66. The molecule has 0 radical (unpaired) electrons. The van der Waals surface area contributed by atoms with Crippen molar-refractivity contribution >= 4 is 0 Å². The van der Waals surface area contributed by atoms with Crippen molar-refractivity contribution in [3.63, 3.8) is 0 Å². The first-order valence-electron chi connectivity index (χ1n) is 5.01. The molecular weight excluding hydrogens is 170 g/mol. The highest BCUT2D eigenvalue weighted by Crippen LogP contribution is 2.06. The average molecular weight is 187 g/mol. The van der Waals surface area contributed by atoms with E-state index in [4.69, 9.17) is 6.42 Å². The Morgan fingerprint density at radius 3 is 2.64 bits per heavy atom. The van der Waals surface area contributed by atoms with Gasteiger partial charge >= 0.3 is 0 Å². The van der Waals surface area contributed by atoms with E-state index in [0.717, 1.165) is 19.3 Å². The zero-order valence-corrected chi connectivity index (χ0v) is 8.66. The van der Waals surface area contributed by atoms with Crippen molar-refractivity contribution in [2.24, 2.45) is 0 Å². The van der Waals surface area contributed by atoms with Gasteiger partial charge in [0.2, 0.25) is 0 Å². The number of hydrogen-bond acceptors (Lipinski definition) is 1. The van der Waals surface area contributed by atoms with Crippen LogP contribution >= 0.6 is 0 Å². The van der Waals surface area contributed by atoms with Crippen molar-refractivity contribution in [3.8, 4) is 12.3 Å². The topological polar surface area (TPSA) is 12.0 Å². The van der Waals surface area contributed by atoms with Crippen LogP contribution < -0.4 is 5.32 Å². The second-order valence-electron chi connectivity index (χ2n) is 3.42. The van der Waals surface area contributed by atoms with Crippen LogP contribution in [-0.2, 0) is 6.42 Å². The second-order valence-corrected chi connectivity index (χ2v) is 3.42. The highest BCUT2D eigenvalue weighted by Gasteiger charge is 2.05. The summed E-state index contributed by atoms with van der Waals surface area (Å²) in [5.74, 6) is 2.68. The van der Waals surface area contributed by atoms with Crippen molar-refractivity contribution in [3.05, 3.63) is 35.9 Å². The van der Waals surface area contributed by atoms with E-state index in [2.05, 4.69) is 35.5 Å². The van der Waals surface area contributed by atoms with Gasteiger partial charge in [-0.1, -0.05) is 30.3 Å². The van der Waals surface area contributed by atoms with Crippen molar-refractivity contribution in [2.45, 2.75) is 25.3 Å². The molecule has 1 heteroatoms. The molecule has 1 N–H and O–H groups in total. The van der Waals surface area contributed by atoms with E-state index in [0.29, 0.717) is 6.04 Å². The van der Waals surface area contributed by atoms with Gasteiger partial charge in [0.05, 0.1) is 0 Å². The van der Waals surface area contributed by atoms with Crippen molar-refractivity contribution in [1.29, 1.82) is 0 Å². The third kappa shape index (κ3) is 3.64. The van der Waals surface area contributed by atoms with E-state index in [-0.39, 0.29) is 0 Å². The van der Waals surface area contributed by atoms with Gasteiger partial charge in [0, 0.05) is 12.5 Å². The quantitative estimate of drug-likeness (QED) is 0.697. The van der Waals surface area contributed by atoms with Gasteiger partial charge in [-0.25, -0.2) is 0 Å². The van der Waals surface area contributed by atoms with Gasteiger partial charge in [0.1, 0.15) is 0 Å². The SMILES string of the molecule is C#CCCC(Cc1ccccc1)NC. The molecular formula is C13H17N. The molecule has 14 heavy (non-hydrogen) atoms. The molecule has 0 spiro atoms. The molecule has 1 unspecified atom stereocenters. The summed E-state index contributed by atoms with van der Waals surface area (Å²) < 4.78 is 0. The standard InChI is InChI=1S/C13H17N/c1-3-4-10-13(14-2)11-12-8-6-5-7-9-12/h1,5-9,13-14H,4,10-11H2,2H3. The fourth-order valence-electron chi connectivity index (χ4n) is 1.50. The third-order valence-corrected chi connectivity index (χ3v) is 2.37. The molecule has 1 aromatic rings. The van der Waals surface area contributed by atoms with Crippen LogP contribution in [0.15, 0.2) is 30.3 Å². The van der Waals surface area contributed by atoms with Crippen molar-refractivity contribution < 1.29 is 0 Å². The van der Waals surface area contributed by atoms with Gasteiger partial charge in [-0.3, -0.25) is 0 Å². The van der Waals surface area contributed by atoms with Gasteiger partial charge in [-0.2, -0.15) is 0 Å². The number of nitrogens with one attached hydrogen (secondary N) is 1. The summed E-state index contributed by atoms with van der Waals surface area (Å²) in [6.07, 6.45) is 8.19. The van der Waals surface area contributed by atoms with Crippen LogP contribution in [0.3, 0.4) is 0 Å². The number of likely N-dealkylation sites (N-methyl/N-ethyl adjacent to an activating group) is 1. The Morgan fingerprint density at radius 2 is 2.07 bits per heavy atom. The Balaban J connectivity index is 2.45. The molecule has 0 amide bonds. The van der Waals surface area contributed by atoms with Gasteiger partial charge < -0.3 is 5.32 Å². The summed E-state index contributed by atoms with van der Waals surface area (Å²) in [6, 6.07) is 11.0. The van der Waals surface area contributed by atoms with Crippen LogP contribution in [0.1, 0.15) is 18.4 Å². The normalized spacial score (nSPS) is 12.0. The minimum atomic E-state index is 0.494. The fraction of sp³-hybridized carbons (Fsp3) is 0.385. The number of rotatable bonds is 5. The van der Waals surface area contributed by atoms with Gasteiger partial charge in [-0.15, -0.1) is 12.3 Å². The monoisotopic (exact) mass is 187 g/mol. The maximum absolute atomic E-state index is 5.25. The lowest BCUT2D eigenvalue weighted by Gasteiger charge is -2.14. The molecule has 0 aliphatic rings. The Bertz CT molecular complexity index is 284. The van der Waals surface area contributed by atoms with E-state index >= 15 is 0 Å². The molecule has 0 saturated carbocycles. The first-order valence-corrected chi connectivity index (χ1v) is 5.01. The van der Waals surface area contributed by atoms with E-state index in [1.807, 2.05) is 13.1 Å². The number of terminal acetylenes is 1.